The van der Waals surface area contributed by atoms with Crippen molar-refractivity contribution >= 4 is 0 Å². The second-order valence-corrected chi connectivity index (χ2v) is 2.81. The summed E-state index contributed by atoms with van der Waals surface area (Å²) in [6.45, 7) is 0.374. The second-order valence-electron chi connectivity index (χ2n) is 2.81. The lowest BCUT2D eigenvalue weighted by Gasteiger charge is -2.41. The van der Waals surface area contributed by atoms with Crippen LogP contribution >= 0.6 is 0 Å². The van der Waals surface area contributed by atoms with Crippen LogP contribution in [-0.2, 0) is 9.47 Å². The van der Waals surface area contributed by atoms with E-state index in [2.05, 4.69) is 9.47 Å². The Balaban J connectivity index is 2.15. The van der Waals surface area contributed by atoms with Crippen LogP contribution in [-0.4, -0.2) is 31.1 Å². The van der Waals surface area contributed by atoms with Gasteiger partial charge in [0.05, 0.1) is 13.2 Å². The van der Waals surface area contributed by atoms with Crippen LogP contribution in [0.5, 0.6) is 0 Å². The smallest absolute Gasteiger partial charge is 0.370 e. The first-order valence-corrected chi connectivity index (χ1v) is 3.38. The van der Waals surface area contributed by atoms with Crippen LogP contribution in [0.4, 0.5) is 13.2 Å². The molecule has 0 aliphatic carbocycles. The number of alkyl halides is 3. The van der Waals surface area contributed by atoms with E-state index in [9.17, 15) is 13.2 Å². The fourth-order valence-corrected chi connectivity index (χ4v) is 1.30. The summed E-state index contributed by atoms with van der Waals surface area (Å²) < 4.78 is 45.9. The van der Waals surface area contributed by atoms with Crippen molar-refractivity contribution in [3.8, 4) is 0 Å². The fraction of sp³-hybridized carbons (Fsp3) is 1.00. The van der Waals surface area contributed by atoms with Crippen LogP contribution in [0.2, 0.25) is 0 Å². The van der Waals surface area contributed by atoms with Gasteiger partial charge in [0.2, 0.25) is 0 Å². The zero-order valence-electron chi connectivity index (χ0n) is 5.65. The molecule has 2 aliphatic rings. The van der Waals surface area contributed by atoms with Crippen LogP contribution < -0.4 is 0 Å². The zero-order valence-corrected chi connectivity index (χ0v) is 5.65. The Morgan fingerprint density at radius 2 is 1.91 bits per heavy atom. The van der Waals surface area contributed by atoms with Gasteiger partial charge < -0.3 is 9.47 Å². The van der Waals surface area contributed by atoms with E-state index in [4.69, 9.17) is 0 Å². The van der Waals surface area contributed by atoms with E-state index in [0.717, 1.165) is 0 Å². The molecule has 2 aliphatic heterocycles. The molecule has 0 aromatic carbocycles. The first-order chi connectivity index (χ1) is 5.06. The molecule has 2 rings (SSSR count). The third-order valence-electron chi connectivity index (χ3n) is 2.17. The molecule has 0 aromatic rings. The normalized spacial score (nSPS) is 43.4. The van der Waals surface area contributed by atoms with Crippen molar-refractivity contribution in [1.82, 2.24) is 0 Å². The third-order valence-corrected chi connectivity index (χ3v) is 2.17. The molecule has 0 amide bonds. The Labute approximate surface area is 61.3 Å². The van der Waals surface area contributed by atoms with E-state index >= 15 is 0 Å². The second kappa shape index (κ2) is 1.90. The highest BCUT2D eigenvalue weighted by Crippen LogP contribution is 2.49. The zero-order chi connectivity index (χ0) is 8.11. The van der Waals surface area contributed by atoms with Gasteiger partial charge in [-0.3, -0.25) is 0 Å². The first-order valence-electron chi connectivity index (χ1n) is 3.38. The summed E-state index contributed by atoms with van der Waals surface area (Å²) in [6, 6.07) is 0. The highest BCUT2D eigenvalue weighted by Gasteiger charge is 2.68. The molecule has 2 heterocycles. The van der Waals surface area contributed by atoms with Crippen LogP contribution in [0.15, 0.2) is 0 Å². The summed E-state index contributed by atoms with van der Waals surface area (Å²) in [4.78, 5) is 0. The van der Waals surface area contributed by atoms with Crippen molar-refractivity contribution in [2.24, 2.45) is 0 Å². The average Bonchev–Trinajstić information content (AvgIpc) is 2.38. The summed E-state index contributed by atoms with van der Waals surface area (Å²) in [6.07, 6.45) is -4.97. The van der Waals surface area contributed by atoms with E-state index in [1.54, 1.807) is 0 Å². The minimum absolute atomic E-state index is 0.0428. The van der Waals surface area contributed by atoms with Gasteiger partial charge in [-0.15, -0.1) is 0 Å². The first kappa shape index (κ1) is 7.36. The number of hydrogen-bond donors (Lipinski definition) is 0. The van der Waals surface area contributed by atoms with Gasteiger partial charge in [-0.05, 0) is 0 Å². The Kier molecular flexibility index (Phi) is 1.27. The van der Waals surface area contributed by atoms with Gasteiger partial charge in [0.15, 0.2) is 5.60 Å². The summed E-state index contributed by atoms with van der Waals surface area (Å²) in [5.41, 5.74) is -1.95. The molecule has 2 fully saturated rings. The van der Waals surface area contributed by atoms with Crippen molar-refractivity contribution in [3.05, 3.63) is 0 Å². The van der Waals surface area contributed by atoms with Crippen molar-refractivity contribution < 1.29 is 22.6 Å². The van der Waals surface area contributed by atoms with Crippen LogP contribution in [0.1, 0.15) is 6.42 Å². The lowest BCUT2D eigenvalue weighted by molar-refractivity contribution is -0.331. The van der Waals surface area contributed by atoms with Gasteiger partial charge >= 0.3 is 6.18 Å². The van der Waals surface area contributed by atoms with Crippen LogP contribution in [0.3, 0.4) is 0 Å². The molecule has 2 nitrogen and oxygen atoms in total. The van der Waals surface area contributed by atoms with E-state index in [1.165, 1.54) is 0 Å². The molecule has 0 aromatic heterocycles. The van der Waals surface area contributed by atoms with Gasteiger partial charge in [0.1, 0.15) is 6.10 Å². The van der Waals surface area contributed by atoms with E-state index in [0.29, 0.717) is 0 Å². The topological polar surface area (TPSA) is 21.8 Å². The maximum atomic E-state index is 12.2. The molecule has 11 heavy (non-hydrogen) atoms. The predicted molar refractivity (Wildman–Crippen MR) is 29.1 cm³/mol. The number of rotatable bonds is 1. The fourth-order valence-electron chi connectivity index (χ4n) is 1.30. The largest absolute Gasteiger partial charge is 0.420 e. The number of halogens is 3. The van der Waals surface area contributed by atoms with Gasteiger partial charge in [0, 0.05) is 6.42 Å². The molecular formula is C6H7F3O2. The minimum atomic E-state index is -4.27. The molecule has 0 bridgehead atoms. The maximum absolute atomic E-state index is 12.2. The van der Waals surface area contributed by atoms with Gasteiger partial charge in [0.25, 0.3) is 0 Å². The van der Waals surface area contributed by atoms with Crippen LogP contribution in [0, 0.1) is 0 Å². The van der Waals surface area contributed by atoms with Crippen molar-refractivity contribution in [2.75, 3.05) is 13.2 Å². The Morgan fingerprint density at radius 1 is 1.36 bits per heavy atom. The highest BCUT2D eigenvalue weighted by molar-refractivity contribution is 5.05. The molecular weight excluding hydrogens is 161 g/mol. The lowest BCUT2D eigenvalue weighted by Crippen LogP contribution is -2.59. The van der Waals surface area contributed by atoms with Gasteiger partial charge in [-0.25, -0.2) is 0 Å². The van der Waals surface area contributed by atoms with Crippen molar-refractivity contribution in [1.29, 1.82) is 0 Å². The monoisotopic (exact) mass is 168 g/mol. The number of hydrogen-bond acceptors (Lipinski definition) is 2. The van der Waals surface area contributed by atoms with Gasteiger partial charge in [-0.2, -0.15) is 13.2 Å². The van der Waals surface area contributed by atoms with Crippen molar-refractivity contribution in [2.45, 2.75) is 24.3 Å². The molecule has 0 radical (unpaired) electrons. The summed E-state index contributed by atoms with van der Waals surface area (Å²) in [5.74, 6) is 0. The molecule has 2 unspecified atom stereocenters. The third kappa shape index (κ3) is 0.873. The highest BCUT2D eigenvalue weighted by atomic mass is 19.4. The number of epoxide rings is 1. The van der Waals surface area contributed by atoms with Gasteiger partial charge in [-0.1, -0.05) is 0 Å². The van der Waals surface area contributed by atoms with Crippen LogP contribution in [0.25, 0.3) is 0 Å². The Hall–Kier alpha value is -0.290. The lowest BCUT2D eigenvalue weighted by atomic mass is 9.90. The molecule has 2 saturated heterocycles. The quantitative estimate of drug-likeness (QED) is 0.547. The maximum Gasteiger partial charge on any atom is 0.420 e. The molecule has 0 saturated carbocycles. The average molecular weight is 168 g/mol. The molecule has 0 spiro atoms. The standard InChI is InChI=1S/C6H7F3O2/c7-6(8,9)5(1-2-11-5)4-3-10-4/h4H,1-3H2. The SMILES string of the molecule is FC(F)(F)C1(C2CO2)CCO1. The molecule has 0 N–H and O–H groups in total. The number of ether oxygens (including phenoxy) is 2. The molecule has 5 heteroatoms. The minimum Gasteiger partial charge on any atom is -0.370 e. The molecule has 64 valence electrons. The predicted octanol–water partition coefficient (Wildman–Crippen LogP) is 1.11. The molecule has 2 atom stereocenters. The van der Waals surface area contributed by atoms with Crippen molar-refractivity contribution in [3.63, 3.8) is 0 Å². The summed E-state index contributed by atoms with van der Waals surface area (Å²) in [7, 11) is 0. The van der Waals surface area contributed by atoms with E-state index in [-0.39, 0.29) is 19.6 Å². The summed E-state index contributed by atoms with van der Waals surface area (Å²) in [5, 5.41) is 0. The Morgan fingerprint density at radius 3 is 2.00 bits per heavy atom. The summed E-state index contributed by atoms with van der Waals surface area (Å²) >= 11 is 0. The Bertz CT molecular complexity index is 169. The van der Waals surface area contributed by atoms with E-state index < -0.39 is 17.9 Å². The van der Waals surface area contributed by atoms with E-state index in [1.807, 2.05) is 0 Å².